The monoisotopic (exact) mass is 146 g/mol. The third-order valence-electron chi connectivity index (χ3n) is 2.50. The van der Waals surface area contributed by atoms with Gasteiger partial charge in [0.1, 0.15) is 0 Å². The summed E-state index contributed by atoms with van der Waals surface area (Å²) in [5.41, 5.74) is 10.2. The fourth-order valence-corrected chi connectivity index (χ4v) is 1.86. The second kappa shape index (κ2) is 2.67. The quantitative estimate of drug-likeness (QED) is 0.578. The predicted octanol–water partition coefficient (Wildman–Crippen LogP) is 2.00. The van der Waals surface area contributed by atoms with Crippen molar-refractivity contribution in [2.75, 3.05) is 6.54 Å². The number of nitrogens with one attached hydrogen (secondary N) is 1. The van der Waals surface area contributed by atoms with E-state index in [1.807, 2.05) is 0 Å². The maximum Gasteiger partial charge on any atom is 0.0169 e. The summed E-state index contributed by atoms with van der Waals surface area (Å²) in [6.07, 6.45) is 2.36. The van der Waals surface area contributed by atoms with E-state index in [0.29, 0.717) is 12.5 Å². The molecule has 0 aliphatic heterocycles. The van der Waals surface area contributed by atoms with Crippen molar-refractivity contribution >= 4 is 0 Å². The van der Waals surface area contributed by atoms with E-state index < -0.39 is 0 Å². The second-order valence-electron chi connectivity index (χ2n) is 3.14. The number of hydrogen-bond donors (Lipinski definition) is 0. The molecule has 1 atom stereocenters. The molecule has 0 bridgehead atoms. The zero-order valence-electron chi connectivity index (χ0n) is 6.51. The zero-order valence-corrected chi connectivity index (χ0v) is 6.51. The van der Waals surface area contributed by atoms with E-state index >= 15 is 0 Å². The third-order valence-corrected chi connectivity index (χ3v) is 2.50. The van der Waals surface area contributed by atoms with Crippen LogP contribution in [-0.2, 0) is 6.42 Å². The molecule has 0 saturated heterocycles. The number of fused-ring (bicyclic) bond motifs is 1. The van der Waals surface area contributed by atoms with E-state index in [-0.39, 0.29) is 0 Å². The lowest BCUT2D eigenvalue weighted by Crippen LogP contribution is -1.99. The van der Waals surface area contributed by atoms with Crippen LogP contribution in [0, 0.1) is 0 Å². The number of benzene rings is 1. The number of rotatable bonds is 1. The second-order valence-corrected chi connectivity index (χ2v) is 3.14. The summed E-state index contributed by atoms with van der Waals surface area (Å²) < 4.78 is 0. The molecule has 11 heavy (non-hydrogen) atoms. The fraction of sp³-hybridized carbons (Fsp3) is 0.400. The minimum absolute atomic E-state index is 0.520. The highest BCUT2D eigenvalue weighted by Gasteiger charge is 2.19. The molecule has 1 nitrogen and oxygen atoms in total. The molecule has 1 aromatic rings. The van der Waals surface area contributed by atoms with Crippen molar-refractivity contribution in [2.45, 2.75) is 18.8 Å². The van der Waals surface area contributed by atoms with Gasteiger partial charge in [0.25, 0.3) is 0 Å². The van der Waals surface area contributed by atoms with Crippen molar-refractivity contribution in [3.63, 3.8) is 0 Å². The highest BCUT2D eigenvalue weighted by molar-refractivity contribution is 5.34. The van der Waals surface area contributed by atoms with Gasteiger partial charge in [0.15, 0.2) is 0 Å². The normalized spacial score (nSPS) is 21.7. The molecule has 1 unspecified atom stereocenters. The molecule has 1 aromatic carbocycles. The highest BCUT2D eigenvalue weighted by Crippen LogP contribution is 2.31. The van der Waals surface area contributed by atoms with Gasteiger partial charge in [0.2, 0.25) is 0 Å². The summed E-state index contributed by atoms with van der Waals surface area (Å²) in [4.78, 5) is 0. The molecule has 1 aliphatic rings. The van der Waals surface area contributed by atoms with Gasteiger partial charge in [-0.15, -0.1) is 0 Å². The minimum Gasteiger partial charge on any atom is -0.257 e. The lowest BCUT2D eigenvalue weighted by Gasteiger charge is -2.05. The van der Waals surface area contributed by atoms with Gasteiger partial charge >= 0.3 is 0 Å². The van der Waals surface area contributed by atoms with Crippen LogP contribution in [0.5, 0.6) is 0 Å². The molecule has 0 fully saturated rings. The van der Waals surface area contributed by atoms with E-state index in [1.165, 1.54) is 24.0 Å². The van der Waals surface area contributed by atoms with Gasteiger partial charge in [-0.25, -0.2) is 0 Å². The van der Waals surface area contributed by atoms with Crippen LogP contribution < -0.4 is 5.73 Å². The third kappa shape index (κ3) is 1.05. The minimum atomic E-state index is 0.520. The van der Waals surface area contributed by atoms with Crippen LogP contribution in [0.25, 0.3) is 0 Å². The summed E-state index contributed by atoms with van der Waals surface area (Å²) in [7, 11) is 0. The Morgan fingerprint density at radius 2 is 2.18 bits per heavy atom. The van der Waals surface area contributed by atoms with E-state index in [4.69, 9.17) is 5.73 Å². The van der Waals surface area contributed by atoms with E-state index in [2.05, 4.69) is 24.3 Å². The smallest absolute Gasteiger partial charge is 0.0169 e. The first-order valence-electron chi connectivity index (χ1n) is 4.14. The first-order valence-corrected chi connectivity index (χ1v) is 4.14. The highest BCUT2D eigenvalue weighted by atomic mass is 14.6. The molecule has 1 heteroatoms. The van der Waals surface area contributed by atoms with Crippen molar-refractivity contribution < 1.29 is 0 Å². The molecule has 0 amide bonds. The molecule has 2 rings (SSSR count). The molecular weight excluding hydrogens is 134 g/mol. The van der Waals surface area contributed by atoms with E-state index in [0.717, 1.165) is 0 Å². The standard InChI is InChI=1S/C10H12N/c11-7-9-6-5-8-3-1-2-4-10(8)9/h1-4,9,11H,5-7H2. The number of hydrogen-bond acceptors (Lipinski definition) is 0. The summed E-state index contributed by atoms with van der Waals surface area (Å²) in [6.45, 7) is 0.553. The van der Waals surface area contributed by atoms with Gasteiger partial charge in [0, 0.05) is 6.54 Å². The average Bonchev–Trinajstić information content (AvgIpc) is 2.47. The van der Waals surface area contributed by atoms with Crippen molar-refractivity contribution in [1.82, 2.24) is 5.73 Å². The Morgan fingerprint density at radius 1 is 1.36 bits per heavy atom. The molecule has 0 heterocycles. The van der Waals surface area contributed by atoms with Crippen LogP contribution in [0.3, 0.4) is 0 Å². The Hall–Kier alpha value is -0.820. The summed E-state index contributed by atoms with van der Waals surface area (Å²) in [6, 6.07) is 8.52. The topological polar surface area (TPSA) is 23.8 Å². The lowest BCUT2D eigenvalue weighted by molar-refractivity contribution is 0.678. The summed E-state index contributed by atoms with van der Waals surface area (Å²) in [5, 5.41) is 0. The average molecular weight is 146 g/mol. The Labute approximate surface area is 67.2 Å². The summed E-state index contributed by atoms with van der Waals surface area (Å²) >= 11 is 0. The molecule has 0 aromatic heterocycles. The molecule has 0 saturated carbocycles. The van der Waals surface area contributed by atoms with Crippen molar-refractivity contribution in [2.24, 2.45) is 0 Å². The molecule has 57 valence electrons. The first kappa shape index (κ1) is 6.86. The molecule has 0 spiro atoms. The largest absolute Gasteiger partial charge is 0.257 e. The van der Waals surface area contributed by atoms with Crippen LogP contribution in [0.15, 0.2) is 24.3 Å². The van der Waals surface area contributed by atoms with E-state index in [9.17, 15) is 0 Å². The zero-order chi connectivity index (χ0) is 7.68. The van der Waals surface area contributed by atoms with E-state index in [1.54, 1.807) is 0 Å². The molecular formula is C10H12N. The maximum atomic E-state index is 7.33. The van der Waals surface area contributed by atoms with Crippen molar-refractivity contribution in [3.05, 3.63) is 35.4 Å². The van der Waals surface area contributed by atoms with Gasteiger partial charge in [-0.05, 0) is 29.9 Å². The Bertz CT molecular complexity index is 255. The SMILES string of the molecule is [NH]CC1CCc2ccccc21. The number of aryl methyl sites for hydroxylation is 1. The van der Waals surface area contributed by atoms with Crippen LogP contribution in [0.2, 0.25) is 0 Å². The fourth-order valence-electron chi connectivity index (χ4n) is 1.86. The van der Waals surface area contributed by atoms with Crippen LogP contribution in [0.4, 0.5) is 0 Å². The van der Waals surface area contributed by atoms with Crippen LogP contribution in [-0.4, -0.2) is 6.54 Å². The first-order chi connectivity index (χ1) is 5.42. The molecule has 1 N–H and O–H groups in total. The van der Waals surface area contributed by atoms with Crippen LogP contribution in [0.1, 0.15) is 23.5 Å². The van der Waals surface area contributed by atoms with Crippen molar-refractivity contribution in [1.29, 1.82) is 0 Å². The summed E-state index contributed by atoms with van der Waals surface area (Å²) in [5.74, 6) is 0.520. The Kier molecular flexibility index (Phi) is 1.66. The maximum absolute atomic E-state index is 7.33. The lowest BCUT2D eigenvalue weighted by atomic mass is 10.0. The van der Waals surface area contributed by atoms with Gasteiger partial charge in [-0.2, -0.15) is 0 Å². The Morgan fingerprint density at radius 3 is 3.00 bits per heavy atom. The molecule has 1 radical (unpaired) electrons. The van der Waals surface area contributed by atoms with Crippen LogP contribution >= 0.6 is 0 Å². The van der Waals surface area contributed by atoms with Gasteiger partial charge in [-0.1, -0.05) is 24.3 Å². The van der Waals surface area contributed by atoms with Gasteiger partial charge in [-0.3, -0.25) is 5.73 Å². The van der Waals surface area contributed by atoms with Gasteiger partial charge in [0.05, 0.1) is 0 Å². The predicted molar refractivity (Wildman–Crippen MR) is 45.5 cm³/mol. The van der Waals surface area contributed by atoms with Gasteiger partial charge < -0.3 is 0 Å². The Balaban J connectivity index is 2.39. The van der Waals surface area contributed by atoms with Crippen molar-refractivity contribution in [3.8, 4) is 0 Å². The molecule has 1 aliphatic carbocycles.